The fourth-order valence-electron chi connectivity index (χ4n) is 3.43. The molecule has 3 heteroatoms. The Morgan fingerprint density at radius 2 is 1.96 bits per heavy atom. The fourth-order valence-corrected chi connectivity index (χ4v) is 3.43. The first-order valence-electron chi connectivity index (χ1n) is 10.00. The van der Waals surface area contributed by atoms with E-state index in [9.17, 15) is 0 Å². The number of unbranched alkanes of at least 4 members (excludes halogenated alkanes) is 2. The molecule has 0 bridgehead atoms. The van der Waals surface area contributed by atoms with Crippen molar-refractivity contribution < 1.29 is 9.47 Å². The maximum atomic E-state index is 6.24. The Labute approximate surface area is 159 Å². The molecule has 3 atom stereocenters. The highest BCUT2D eigenvalue weighted by Crippen LogP contribution is 2.35. The van der Waals surface area contributed by atoms with Gasteiger partial charge in [-0.15, -0.1) is 6.58 Å². The number of nitrogens with zero attached hydrogens (tertiary/aromatic N) is 1. The van der Waals surface area contributed by atoms with Crippen LogP contribution in [0.4, 0.5) is 0 Å². The van der Waals surface area contributed by atoms with Crippen molar-refractivity contribution in [1.29, 1.82) is 0 Å². The summed E-state index contributed by atoms with van der Waals surface area (Å²) >= 11 is 0. The predicted octanol–water partition coefficient (Wildman–Crippen LogP) is 6.11. The highest BCUT2D eigenvalue weighted by atomic mass is 16.7. The highest BCUT2D eigenvalue weighted by molar-refractivity contribution is 5.68. The van der Waals surface area contributed by atoms with Gasteiger partial charge in [-0.25, -0.2) is 0 Å². The quantitative estimate of drug-likeness (QED) is 0.303. The Morgan fingerprint density at radius 1 is 1.23 bits per heavy atom. The van der Waals surface area contributed by atoms with Crippen molar-refractivity contribution in [3.8, 4) is 0 Å². The Kier molecular flexibility index (Phi) is 7.60. The van der Waals surface area contributed by atoms with Gasteiger partial charge in [0.1, 0.15) is 12.1 Å². The molecular weight excluding hydrogens is 322 g/mol. The van der Waals surface area contributed by atoms with Gasteiger partial charge in [0.05, 0.1) is 6.61 Å². The zero-order chi connectivity index (χ0) is 19.0. The molecule has 1 aliphatic rings. The van der Waals surface area contributed by atoms with Gasteiger partial charge in [-0.1, -0.05) is 69.5 Å². The molecule has 0 saturated carbocycles. The molecule has 144 valence electrons. The molecule has 1 saturated heterocycles. The summed E-state index contributed by atoms with van der Waals surface area (Å²) < 4.78 is 12.1. The summed E-state index contributed by atoms with van der Waals surface area (Å²) in [6, 6.07) is 10.3. The number of hydrogen-bond acceptors (Lipinski definition) is 3. The Hall–Kier alpha value is -1.45. The van der Waals surface area contributed by atoms with E-state index in [0.29, 0.717) is 6.61 Å². The molecule has 0 N–H and O–H groups in total. The third-order valence-electron chi connectivity index (χ3n) is 5.32. The summed E-state index contributed by atoms with van der Waals surface area (Å²) in [5.41, 5.74) is 1.11. The summed E-state index contributed by atoms with van der Waals surface area (Å²) in [5.74, 6) is -0.589. The summed E-state index contributed by atoms with van der Waals surface area (Å²) in [5, 5.41) is 0. The van der Waals surface area contributed by atoms with Crippen LogP contribution in [0.25, 0.3) is 0 Å². The first-order valence-corrected chi connectivity index (χ1v) is 10.00. The van der Waals surface area contributed by atoms with Crippen molar-refractivity contribution >= 4 is 6.21 Å². The van der Waals surface area contributed by atoms with Gasteiger partial charge in [-0.2, -0.15) is 0 Å². The number of ether oxygens (including phenoxy) is 2. The third-order valence-corrected chi connectivity index (χ3v) is 5.32. The summed E-state index contributed by atoms with van der Waals surface area (Å²) in [7, 11) is 0. The van der Waals surface area contributed by atoms with Crippen LogP contribution in [0, 0.1) is 5.41 Å². The smallest absolute Gasteiger partial charge is 0.163 e. The molecule has 0 radical (unpaired) electrons. The standard InChI is InChI=1S/C23H35NO2/c1-6-9-13-16-23(7-2,8-3)18-24-20-17-25-22(4,5)26-21(20)19-14-11-10-12-15-19/h7,10-12,14-15,18,20-21H,2,6,8-9,13,16-17H2,1,3-5H3/t20-,21-,23-/m0/s1. The zero-order valence-electron chi connectivity index (χ0n) is 16.9. The average molecular weight is 358 g/mol. The van der Waals surface area contributed by atoms with Crippen LogP contribution in [-0.2, 0) is 9.47 Å². The molecule has 3 nitrogen and oxygen atoms in total. The Balaban J connectivity index is 2.20. The van der Waals surface area contributed by atoms with Crippen LogP contribution in [0.1, 0.15) is 71.5 Å². The van der Waals surface area contributed by atoms with E-state index in [0.717, 1.165) is 18.4 Å². The number of allylic oxidation sites excluding steroid dienone is 1. The van der Waals surface area contributed by atoms with Gasteiger partial charge in [0.25, 0.3) is 0 Å². The molecule has 0 aliphatic carbocycles. The number of hydrogen-bond donors (Lipinski definition) is 0. The minimum Gasteiger partial charge on any atom is -0.348 e. The van der Waals surface area contributed by atoms with E-state index in [2.05, 4.69) is 44.8 Å². The van der Waals surface area contributed by atoms with Crippen LogP contribution >= 0.6 is 0 Å². The molecular formula is C23H35NO2. The monoisotopic (exact) mass is 357 g/mol. The third kappa shape index (κ3) is 5.52. The predicted molar refractivity (Wildman–Crippen MR) is 110 cm³/mol. The van der Waals surface area contributed by atoms with E-state index in [1.165, 1.54) is 19.3 Å². The lowest BCUT2D eigenvalue weighted by Gasteiger charge is -2.40. The van der Waals surface area contributed by atoms with Gasteiger partial charge < -0.3 is 9.47 Å². The maximum Gasteiger partial charge on any atom is 0.163 e. The lowest BCUT2D eigenvalue weighted by molar-refractivity contribution is -0.281. The summed E-state index contributed by atoms with van der Waals surface area (Å²) in [6.45, 7) is 13.0. The zero-order valence-corrected chi connectivity index (χ0v) is 16.9. The van der Waals surface area contributed by atoms with Crippen LogP contribution in [0.3, 0.4) is 0 Å². The van der Waals surface area contributed by atoms with Crippen molar-refractivity contribution in [2.24, 2.45) is 10.4 Å². The van der Waals surface area contributed by atoms with Crippen LogP contribution in [0.15, 0.2) is 48.0 Å². The van der Waals surface area contributed by atoms with Crippen molar-refractivity contribution in [1.82, 2.24) is 0 Å². The molecule has 1 aromatic carbocycles. The van der Waals surface area contributed by atoms with Crippen LogP contribution in [0.5, 0.6) is 0 Å². The minimum absolute atomic E-state index is 0.0383. The molecule has 0 amide bonds. The van der Waals surface area contributed by atoms with Gasteiger partial charge in [-0.05, 0) is 32.3 Å². The molecule has 0 aromatic heterocycles. The second-order valence-electron chi connectivity index (χ2n) is 7.75. The topological polar surface area (TPSA) is 30.8 Å². The van der Waals surface area contributed by atoms with Gasteiger partial charge >= 0.3 is 0 Å². The van der Waals surface area contributed by atoms with E-state index < -0.39 is 5.79 Å². The lowest BCUT2D eigenvalue weighted by Crippen LogP contribution is -2.43. The molecule has 1 aliphatic heterocycles. The molecule has 1 heterocycles. The summed E-state index contributed by atoms with van der Waals surface area (Å²) in [6.07, 6.45) is 9.88. The first-order chi connectivity index (χ1) is 12.5. The van der Waals surface area contributed by atoms with Crippen LogP contribution in [0.2, 0.25) is 0 Å². The normalized spacial score (nSPS) is 25.1. The lowest BCUT2D eigenvalue weighted by atomic mass is 9.81. The van der Waals surface area contributed by atoms with Gasteiger partial charge in [0, 0.05) is 11.6 Å². The van der Waals surface area contributed by atoms with Gasteiger partial charge in [-0.3, -0.25) is 4.99 Å². The fraction of sp³-hybridized carbons (Fsp3) is 0.609. The van der Waals surface area contributed by atoms with Crippen molar-refractivity contribution in [3.63, 3.8) is 0 Å². The van der Waals surface area contributed by atoms with Crippen molar-refractivity contribution in [3.05, 3.63) is 48.6 Å². The Morgan fingerprint density at radius 3 is 2.58 bits per heavy atom. The SMILES string of the molecule is C=C[C@](C=N[C@H]1COC(C)(C)O[C@H]1c1ccccc1)(CC)CCCCC. The molecule has 0 unspecified atom stereocenters. The second-order valence-corrected chi connectivity index (χ2v) is 7.75. The molecule has 26 heavy (non-hydrogen) atoms. The molecule has 2 rings (SSSR count). The van der Waals surface area contributed by atoms with Gasteiger partial charge in [0.15, 0.2) is 5.79 Å². The average Bonchev–Trinajstić information content (AvgIpc) is 2.66. The molecule has 0 spiro atoms. The van der Waals surface area contributed by atoms with Crippen LogP contribution < -0.4 is 0 Å². The Bertz CT molecular complexity index is 581. The van der Waals surface area contributed by atoms with E-state index >= 15 is 0 Å². The van der Waals surface area contributed by atoms with Crippen LogP contribution in [-0.4, -0.2) is 24.7 Å². The largest absolute Gasteiger partial charge is 0.348 e. The number of aliphatic imine (C=N–C) groups is 1. The maximum absolute atomic E-state index is 6.24. The molecule has 1 fully saturated rings. The van der Waals surface area contributed by atoms with E-state index in [1.807, 2.05) is 32.0 Å². The van der Waals surface area contributed by atoms with E-state index in [4.69, 9.17) is 14.5 Å². The van der Waals surface area contributed by atoms with Crippen molar-refractivity contribution in [2.45, 2.75) is 77.7 Å². The van der Waals surface area contributed by atoms with E-state index in [-0.39, 0.29) is 17.6 Å². The number of benzene rings is 1. The first kappa shape index (κ1) is 20.9. The van der Waals surface area contributed by atoms with E-state index in [1.54, 1.807) is 0 Å². The minimum atomic E-state index is -0.589. The highest BCUT2D eigenvalue weighted by Gasteiger charge is 2.37. The summed E-state index contributed by atoms with van der Waals surface area (Å²) in [4.78, 5) is 4.95. The van der Waals surface area contributed by atoms with Gasteiger partial charge in [0.2, 0.25) is 0 Å². The molecule has 1 aromatic rings. The number of rotatable bonds is 9. The second kappa shape index (κ2) is 9.48. The van der Waals surface area contributed by atoms with Crippen molar-refractivity contribution in [2.75, 3.05) is 6.61 Å².